The molecule has 0 saturated heterocycles. The van der Waals surface area contributed by atoms with Gasteiger partial charge in [-0.25, -0.2) is 4.79 Å². The Morgan fingerprint density at radius 2 is 1.25 bits per heavy atom. The Kier molecular flexibility index (Phi) is 19.0. The maximum absolute atomic E-state index is 13.5. The summed E-state index contributed by atoms with van der Waals surface area (Å²) in [5, 5.41) is 41.0. The third-order valence-electron chi connectivity index (χ3n) is 7.47. The second kappa shape index (κ2) is 22.3. The van der Waals surface area contributed by atoms with E-state index in [4.69, 9.17) is 17.2 Å². The molecule has 0 fully saturated rings. The Labute approximate surface area is 295 Å². The Bertz CT molecular complexity index is 1380. The topological polar surface area (TPSA) is 331 Å². The van der Waals surface area contributed by atoms with Crippen LogP contribution in [0.2, 0.25) is 0 Å². The quantitative estimate of drug-likeness (QED) is 0.0324. The van der Waals surface area contributed by atoms with Crippen LogP contribution in [0.25, 0.3) is 0 Å². The number of carbonyl (C=O) groups is 7. The molecule has 0 saturated carbocycles. The first-order valence-electron chi connectivity index (χ1n) is 16.4. The van der Waals surface area contributed by atoms with E-state index >= 15 is 0 Å². The molecule has 5 amide bonds. The summed E-state index contributed by atoms with van der Waals surface area (Å²) in [7, 11) is 0. The standard InChI is InChI=1S/C32H51N9O10/c1-17(2)26(30(49)40-24(31(50)51)15-19-9-11-20(43)12-10-19)41-29(48)23(16-25(44)45)39-28(47)22(7-4-5-13-33)38-27(46)21(37-18(3)42)8-6-14-36-32(34)35/h9-12,17,21-24,26,43H,4-8,13-16,33H2,1-3H3,(H,37,42)(H,38,46)(H,39,47)(H,40,49)(H,41,48)(H,44,45)(H,50,51)(H4,34,35,36)/t21-,22-,23-,24-,26-/m0/s1. The van der Waals surface area contributed by atoms with Gasteiger partial charge in [0.1, 0.15) is 36.0 Å². The number of guanidine groups is 1. The van der Waals surface area contributed by atoms with Crippen LogP contribution in [-0.4, -0.2) is 106 Å². The van der Waals surface area contributed by atoms with Gasteiger partial charge in [0.25, 0.3) is 0 Å². The summed E-state index contributed by atoms with van der Waals surface area (Å²) < 4.78 is 0. The van der Waals surface area contributed by atoms with Crippen LogP contribution in [0, 0.1) is 5.92 Å². The summed E-state index contributed by atoms with van der Waals surface area (Å²) in [6.07, 6.45) is 0.257. The maximum Gasteiger partial charge on any atom is 0.326 e. The van der Waals surface area contributed by atoms with E-state index in [1.807, 2.05) is 0 Å². The lowest BCUT2D eigenvalue weighted by Crippen LogP contribution is -2.60. The number of nitrogens with two attached hydrogens (primary N) is 3. The van der Waals surface area contributed by atoms with Crippen molar-refractivity contribution in [1.29, 1.82) is 0 Å². The number of phenolic OH excluding ortho intramolecular Hbond substituents is 1. The van der Waals surface area contributed by atoms with E-state index in [0.717, 1.165) is 0 Å². The van der Waals surface area contributed by atoms with E-state index in [-0.39, 0.29) is 44.1 Å². The lowest BCUT2D eigenvalue weighted by Gasteiger charge is -2.27. The average Bonchev–Trinajstić information content (AvgIpc) is 3.03. The summed E-state index contributed by atoms with van der Waals surface area (Å²) >= 11 is 0. The molecule has 0 aliphatic heterocycles. The summed E-state index contributed by atoms with van der Waals surface area (Å²) in [6, 6.07) is -1.14. The van der Waals surface area contributed by atoms with E-state index in [2.05, 4.69) is 31.6 Å². The van der Waals surface area contributed by atoms with E-state index < -0.39 is 84.0 Å². The number of unbranched alkanes of at least 4 members (excludes halogenated alkanes) is 1. The molecular formula is C32H51N9O10. The molecular weight excluding hydrogens is 670 g/mol. The van der Waals surface area contributed by atoms with E-state index in [9.17, 15) is 48.9 Å². The molecule has 0 heterocycles. The maximum atomic E-state index is 13.5. The molecule has 1 aromatic rings. The number of phenols is 1. The third-order valence-corrected chi connectivity index (χ3v) is 7.47. The number of aromatic hydroxyl groups is 1. The average molecular weight is 722 g/mol. The molecule has 0 spiro atoms. The van der Waals surface area contributed by atoms with Crippen molar-refractivity contribution >= 4 is 47.4 Å². The number of hydrogen-bond acceptors (Lipinski definition) is 10. The fraction of sp³-hybridized carbons (Fsp3) is 0.562. The lowest BCUT2D eigenvalue weighted by atomic mass is 10.0. The molecule has 19 heteroatoms. The molecule has 0 unspecified atom stereocenters. The van der Waals surface area contributed by atoms with Gasteiger partial charge in [-0.2, -0.15) is 0 Å². The van der Waals surface area contributed by atoms with Gasteiger partial charge in [0, 0.05) is 19.9 Å². The van der Waals surface area contributed by atoms with Crippen LogP contribution in [0.3, 0.4) is 0 Å². The third kappa shape index (κ3) is 17.2. The van der Waals surface area contributed by atoms with Crippen LogP contribution < -0.4 is 43.8 Å². The first kappa shape index (κ1) is 43.6. The van der Waals surface area contributed by atoms with Gasteiger partial charge in [-0.1, -0.05) is 26.0 Å². The van der Waals surface area contributed by atoms with E-state index in [1.54, 1.807) is 13.8 Å². The molecule has 1 rings (SSSR count). The Morgan fingerprint density at radius 3 is 1.76 bits per heavy atom. The van der Waals surface area contributed by atoms with Crippen molar-refractivity contribution in [2.75, 3.05) is 13.1 Å². The van der Waals surface area contributed by atoms with Crippen molar-refractivity contribution in [3.63, 3.8) is 0 Å². The molecule has 5 atom stereocenters. The van der Waals surface area contributed by atoms with Crippen LogP contribution in [-0.2, 0) is 40.0 Å². The van der Waals surface area contributed by atoms with Crippen LogP contribution >= 0.6 is 0 Å². The number of benzene rings is 1. The zero-order valence-electron chi connectivity index (χ0n) is 29.0. The minimum absolute atomic E-state index is 0.0327. The highest BCUT2D eigenvalue weighted by molar-refractivity contribution is 5.97. The Morgan fingerprint density at radius 1 is 0.725 bits per heavy atom. The van der Waals surface area contributed by atoms with E-state index in [1.165, 1.54) is 31.2 Å². The number of nitrogens with one attached hydrogen (secondary N) is 5. The summed E-state index contributed by atoms with van der Waals surface area (Å²) in [6.45, 7) is 4.79. The SMILES string of the molecule is CC(=O)N[C@@H](CCCN=C(N)N)C(=O)N[C@@H](CCCCN)C(=O)N[C@@H](CC(=O)O)C(=O)N[C@H](C(=O)N[C@@H](Cc1ccc(O)cc1)C(=O)O)C(C)C. The fourth-order valence-corrected chi connectivity index (χ4v) is 4.83. The summed E-state index contributed by atoms with van der Waals surface area (Å²) in [5.41, 5.74) is 16.7. The summed E-state index contributed by atoms with van der Waals surface area (Å²) in [4.78, 5) is 92.7. The van der Waals surface area contributed by atoms with Gasteiger partial charge in [-0.3, -0.25) is 33.8 Å². The second-order valence-corrected chi connectivity index (χ2v) is 12.2. The predicted octanol–water partition coefficient (Wildman–Crippen LogP) is -2.22. The van der Waals surface area contributed by atoms with Crippen LogP contribution in [0.1, 0.15) is 64.9 Å². The predicted molar refractivity (Wildman–Crippen MR) is 185 cm³/mol. The van der Waals surface area contributed by atoms with Crippen molar-refractivity contribution in [3.8, 4) is 5.75 Å². The van der Waals surface area contributed by atoms with Crippen molar-refractivity contribution in [1.82, 2.24) is 26.6 Å². The number of hydrogen-bond donors (Lipinski definition) is 11. The van der Waals surface area contributed by atoms with Gasteiger partial charge in [-0.05, 0) is 62.3 Å². The molecule has 51 heavy (non-hydrogen) atoms. The number of carboxylic acids is 2. The smallest absolute Gasteiger partial charge is 0.326 e. The minimum Gasteiger partial charge on any atom is -0.508 e. The van der Waals surface area contributed by atoms with Crippen LogP contribution in [0.5, 0.6) is 5.75 Å². The van der Waals surface area contributed by atoms with Gasteiger partial charge in [-0.15, -0.1) is 0 Å². The first-order chi connectivity index (χ1) is 23.9. The zero-order valence-corrected chi connectivity index (χ0v) is 29.0. The number of carbonyl (C=O) groups excluding carboxylic acids is 5. The molecule has 0 bridgehead atoms. The highest BCUT2D eigenvalue weighted by Crippen LogP contribution is 2.13. The van der Waals surface area contributed by atoms with Gasteiger partial charge in [0.2, 0.25) is 29.5 Å². The van der Waals surface area contributed by atoms with Crippen molar-refractivity contribution in [2.45, 2.75) is 95.9 Å². The number of carboxylic acid groups (broad SMARTS) is 2. The second-order valence-electron chi connectivity index (χ2n) is 12.2. The molecule has 0 radical (unpaired) electrons. The molecule has 14 N–H and O–H groups in total. The van der Waals surface area contributed by atoms with Gasteiger partial charge in [0.05, 0.1) is 6.42 Å². The minimum atomic E-state index is -1.71. The largest absolute Gasteiger partial charge is 0.508 e. The fourth-order valence-electron chi connectivity index (χ4n) is 4.83. The molecule has 0 aliphatic carbocycles. The van der Waals surface area contributed by atoms with Crippen molar-refractivity contribution < 1.29 is 48.9 Å². The first-order valence-corrected chi connectivity index (χ1v) is 16.4. The van der Waals surface area contributed by atoms with Crippen molar-refractivity contribution in [3.05, 3.63) is 29.8 Å². The molecule has 0 aliphatic rings. The number of rotatable bonds is 23. The lowest BCUT2D eigenvalue weighted by molar-refractivity contribution is -0.143. The number of aliphatic carboxylic acids is 2. The van der Waals surface area contributed by atoms with Gasteiger partial charge >= 0.3 is 11.9 Å². The number of amides is 5. The molecule has 19 nitrogen and oxygen atoms in total. The highest BCUT2D eigenvalue weighted by atomic mass is 16.4. The molecule has 0 aromatic heterocycles. The van der Waals surface area contributed by atoms with Gasteiger partial charge < -0.3 is 59.1 Å². The monoisotopic (exact) mass is 721 g/mol. The Hall–Kier alpha value is -5.46. The number of nitrogens with zero attached hydrogens (tertiary/aromatic N) is 1. The highest BCUT2D eigenvalue weighted by Gasteiger charge is 2.34. The summed E-state index contributed by atoms with van der Waals surface area (Å²) in [5.74, 6) is -7.69. The Balaban J connectivity index is 3.18. The molecule has 1 aromatic carbocycles. The van der Waals surface area contributed by atoms with Gasteiger partial charge in [0.15, 0.2) is 5.96 Å². The normalized spacial score (nSPS) is 13.7. The molecule has 284 valence electrons. The number of aliphatic imine (C=N–C) groups is 1. The van der Waals surface area contributed by atoms with E-state index in [0.29, 0.717) is 24.8 Å². The van der Waals surface area contributed by atoms with Crippen LogP contribution in [0.15, 0.2) is 29.3 Å². The van der Waals surface area contributed by atoms with Crippen LogP contribution in [0.4, 0.5) is 0 Å². The zero-order chi connectivity index (χ0) is 38.7. The van der Waals surface area contributed by atoms with Crippen molar-refractivity contribution in [2.24, 2.45) is 28.1 Å².